The molecule has 0 N–H and O–H groups in total. The van der Waals surface area contributed by atoms with Crippen LogP contribution in [-0.4, -0.2) is 47.9 Å². The summed E-state index contributed by atoms with van der Waals surface area (Å²) < 4.78 is 13.4. The lowest BCUT2D eigenvalue weighted by Gasteiger charge is -2.28. The average Bonchev–Trinajstić information content (AvgIpc) is 2.94. The number of likely N-dealkylation sites (tertiary alicyclic amines) is 2. The Morgan fingerprint density at radius 1 is 1.17 bits per heavy atom. The molecule has 23 heavy (non-hydrogen) atoms. The van der Waals surface area contributed by atoms with E-state index in [-0.39, 0.29) is 17.7 Å². The van der Waals surface area contributed by atoms with Gasteiger partial charge in [-0.3, -0.25) is 4.79 Å². The quantitative estimate of drug-likeness (QED) is 0.852. The lowest BCUT2D eigenvalue weighted by Crippen LogP contribution is -2.43. The van der Waals surface area contributed by atoms with Crippen LogP contribution in [0.15, 0.2) is 24.3 Å². The smallest absolute Gasteiger partial charge is 0.226 e. The largest absolute Gasteiger partial charge is 0.338 e. The molecule has 4 rings (SSSR count). The Labute approximate surface area is 137 Å². The zero-order valence-electron chi connectivity index (χ0n) is 13.6. The van der Waals surface area contributed by atoms with Crippen molar-refractivity contribution in [3.8, 4) is 0 Å². The number of carbonyl (C=O) groups is 1. The van der Waals surface area contributed by atoms with Crippen LogP contribution in [0.2, 0.25) is 0 Å². The summed E-state index contributed by atoms with van der Waals surface area (Å²) in [5, 5.41) is 0. The maximum absolute atomic E-state index is 13.4. The van der Waals surface area contributed by atoms with Crippen LogP contribution in [0.4, 0.5) is 4.39 Å². The van der Waals surface area contributed by atoms with Gasteiger partial charge in [0.1, 0.15) is 5.82 Å². The van der Waals surface area contributed by atoms with Gasteiger partial charge in [0.05, 0.1) is 0 Å². The van der Waals surface area contributed by atoms with E-state index in [4.69, 9.17) is 0 Å². The highest BCUT2D eigenvalue weighted by atomic mass is 19.1. The van der Waals surface area contributed by atoms with E-state index in [1.54, 1.807) is 12.1 Å². The van der Waals surface area contributed by atoms with Crippen molar-refractivity contribution in [1.82, 2.24) is 9.80 Å². The molecule has 0 unspecified atom stereocenters. The molecule has 2 aliphatic heterocycles. The monoisotopic (exact) mass is 316 g/mol. The number of nitrogens with zero attached hydrogens (tertiary/aromatic N) is 2. The SMILES string of the molecule is O=C([C@@H]1C[C@H]1c1cccc(F)c1)N1CCC[C@H]1CN1CCCC1. The Morgan fingerprint density at radius 2 is 2.00 bits per heavy atom. The zero-order chi connectivity index (χ0) is 15.8. The molecular weight excluding hydrogens is 291 g/mol. The molecular formula is C19H25FN2O. The summed E-state index contributed by atoms with van der Waals surface area (Å²) in [5.41, 5.74) is 0.985. The molecule has 0 radical (unpaired) electrons. The normalized spacial score (nSPS) is 30.8. The minimum absolute atomic E-state index is 0.0796. The van der Waals surface area contributed by atoms with Gasteiger partial charge in [-0.1, -0.05) is 12.1 Å². The molecule has 3 aliphatic rings. The van der Waals surface area contributed by atoms with Gasteiger partial charge in [-0.15, -0.1) is 0 Å². The van der Waals surface area contributed by atoms with E-state index in [9.17, 15) is 9.18 Å². The van der Waals surface area contributed by atoms with Crippen LogP contribution < -0.4 is 0 Å². The van der Waals surface area contributed by atoms with Gasteiger partial charge >= 0.3 is 0 Å². The van der Waals surface area contributed by atoms with E-state index < -0.39 is 0 Å². The topological polar surface area (TPSA) is 23.6 Å². The Kier molecular flexibility index (Phi) is 4.10. The molecule has 1 aromatic carbocycles. The highest BCUT2D eigenvalue weighted by molar-refractivity contribution is 5.83. The van der Waals surface area contributed by atoms with E-state index in [0.29, 0.717) is 11.9 Å². The highest BCUT2D eigenvalue weighted by Gasteiger charge is 2.47. The Morgan fingerprint density at radius 3 is 2.78 bits per heavy atom. The van der Waals surface area contributed by atoms with Gasteiger partial charge in [0.15, 0.2) is 0 Å². The molecule has 1 aliphatic carbocycles. The summed E-state index contributed by atoms with van der Waals surface area (Å²) >= 11 is 0. The van der Waals surface area contributed by atoms with Gasteiger partial charge in [-0.05, 0) is 68.8 Å². The van der Waals surface area contributed by atoms with Crippen molar-refractivity contribution in [3.05, 3.63) is 35.6 Å². The molecule has 0 spiro atoms. The van der Waals surface area contributed by atoms with Crippen LogP contribution in [-0.2, 0) is 4.79 Å². The van der Waals surface area contributed by atoms with Crippen LogP contribution in [0, 0.1) is 11.7 Å². The number of rotatable bonds is 4. The summed E-state index contributed by atoms with van der Waals surface area (Å²) in [6, 6.07) is 7.15. The van der Waals surface area contributed by atoms with E-state index >= 15 is 0 Å². The molecule has 4 heteroatoms. The Hall–Kier alpha value is -1.42. The third-order valence-electron chi connectivity index (χ3n) is 5.71. The molecule has 0 bridgehead atoms. The average molecular weight is 316 g/mol. The lowest BCUT2D eigenvalue weighted by atomic mass is 10.1. The van der Waals surface area contributed by atoms with Crippen molar-refractivity contribution < 1.29 is 9.18 Å². The van der Waals surface area contributed by atoms with Gasteiger partial charge in [-0.2, -0.15) is 0 Å². The fourth-order valence-electron chi connectivity index (χ4n) is 4.37. The van der Waals surface area contributed by atoms with Crippen molar-refractivity contribution in [1.29, 1.82) is 0 Å². The first kappa shape index (κ1) is 15.1. The molecule has 3 atom stereocenters. The van der Waals surface area contributed by atoms with Crippen LogP contribution in [0.3, 0.4) is 0 Å². The molecule has 124 valence electrons. The summed E-state index contributed by atoms with van der Waals surface area (Å²) in [7, 11) is 0. The molecule has 1 amide bonds. The molecule has 3 nitrogen and oxygen atoms in total. The van der Waals surface area contributed by atoms with Crippen LogP contribution in [0.5, 0.6) is 0 Å². The van der Waals surface area contributed by atoms with E-state index in [1.165, 1.54) is 32.0 Å². The van der Waals surface area contributed by atoms with Crippen molar-refractivity contribution in [2.24, 2.45) is 5.92 Å². The Balaban J connectivity index is 1.39. The van der Waals surface area contributed by atoms with Gasteiger partial charge in [0, 0.05) is 25.0 Å². The second-order valence-corrected chi connectivity index (χ2v) is 7.34. The van der Waals surface area contributed by atoms with Crippen molar-refractivity contribution in [3.63, 3.8) is 0 Å². The Bertz CT molecular complexity index is 584. The lowest BCUT2D eigenvalue weighted by molar-refractivity contribution is -0.133. The molecule has 1 aromatic rings. The predicted molar refractivity (Wildman–Crippen MR) is 87.7 cm³/mol. The number of benzene rings is 1. The van der Waals surface area contributed by atoms with E-state index in [0.717, 1.165) is 37.9 Å². The van der Waals surface area contributed by atoms with Gasteiger partial charge in [0.25, 0.3) is 0 Å². The third kappa shape index (κ3) is 3.14. The maximum atomic E-state index is 13.4. The summed E-state index contributed by atoms with van der Waals surface area (Å²) in [4.78, 5) is 17.5. The zero-order valence-corrected chi connectivity index (χ0v) is 13.6. The first-order chi connectivity index (χ1) is 11.2. The van der Waals surface area contributed by atoms with Crippen molar-refractivity contribution in [2.75, 3.05) is 26.2 Å². The summed E-state index contributed by atoms with van der Waals surface area (Å²) in [6.45, 7) is 4.33. The van der Waals surface area contributed by atoms with Crippen LogP contribution in [0.25, 0.3) is 0 Å². The number of hydrogen-bond donors (Lipinski definition) is 0. The third-order valence-corrected chi connectivity index (χ3v) is 5.71. The summed E-state index contributed by atoms with van der Waals surface area (Å²) in [6.07, 6.45) is 5.74. The number of amides is 1. The van der Waals surface area contributed by atoms with Crippen LogP contribution >= 0.6 is 0 Å². The fraction of sp³-hybridized carbons (Fsp3) is 0.632. The molecule has 0 aromatic heterocycles. The number of carbonyl (C=O) groups excluding carboxylic acids is 1. The fourth-order valence-corrected chi connectivity index (χ4v) is 4.37. The first-order valence-corrected chi connectivity index (χ1v) is 9.00. The summed E-state index contributed by atoms with van der Waals surface area (Å²) in [5.74, 6) is 0.414. The predicted octanol–water partition coefficient (Wildman–Crippen LogP) is 3.02. The van der Waals surface area contributed by atoms with E-state index in [2.05, 4.69) is 9.80 Å². The second-order valence-electron chi connectivity index (χ2n) is 7.34. The highest BCUT2D eigenvalue weighted by Crippen LogP contribution is 2.49. The molecule has 2 saturated heterocycles. The molecule has 1 saturated carbocycles. The van der Waals surface area contributed by atoms with Crippen molar-refractivity contribution in [2.45, 2.75) is 44.1 Å². The van der Waals surface area contributed by atoms with Gasteiger partial charge in [0.2, 0.25) is 5.91 Å². The van der Waals surface area contributed by atoms with Crippen molar-refractivity contribution >= 4 is 5.91 Å². The number of halogens is 1. The van der Waals surface area contributed by atoms with Gasteiger partial charge in [-0.25, -0.2) is 4.39 Å². The van der Waals surface area contributed by atoms with Gasteiger partial charge < -0.3 is 9.80 Å². The minimum atomic E-state index is -0.200. The van der Waals surface area contributed by atoms with E-state index in [1.807, 2.05) is 6.07 Å². The standard InChI is InChI=1S/C19H25FN2O/c20-15-6-3-5-14(11-15)17-12-18(17)19(23)22-10-4-7-16(22)13-21-8-1-2-9-21/h3,5-6,11,16-18H,1-2,4,7-10,12-13H2/t16-,17-,18+/m0/s1. The molecule has 3 fully saturated rings. The maximum Gasteiger partial charge on any atom is 0.226 e. The second kappa shape index (κ2) is 6.23. The minimum Gasteiger partial charge on any atom is -0.338 e. The molecule has 2 heterocycles. The number of hydrogen-bond acceptors (Lipinski definition) is 2. The first-order valence-electron chi connectivity index (χ1n) is 9.00. The van der Waals surface area contributed by atoms with Crippen LogP contribution in [0.1, 0.15) is 43.6 Å².